The average Bonchev–Trinajstić information content (AvgIpc) is 2.61. The maximum absolute atomic E-state index is 3.36. The summed E-state index contributed by atoms with van der Waals surface area (Å²) in [6.07, 6.45) is 12.5. The molecule has 116 valence electrons. The molecule has 1 atom stereocenters. The number of hydrogen-bond donors (Lipinski definition) is 0. The molecule has 1 aliphatic carbocycles. The van der Waals surface area contributed by atoms with Gasteiger partial charge >= 0.3 is 0 Å². The third-order valence-electron chi connectivity index (χ3n) is 1.41. The van der Waals surface area contributed by atoms with E-state index >= 15 is 0 Å². The zero-order chi connectivity index (χ0) is 15.4. The Bertz CT molecular complexity index is 204. The summed E-state index contributed by atoms with van der Waals surface area (Å²) in [5.74, 6) is 0.597. The molecule has 0 bridgehead atoms. The summed E-state index contributed by atoms with van der Waals surface area (Å²) in [7, 11) is 0. The van der Waals surface area contributed by atoms with E-state index in [0.29, 0.717) is 5.92 Å². The molecule has 19 heavy (non-hydrogen) atoms. The Morgan fingerprint density at radius 1 is 1.00 bits per heavy atom. The summed E-state index contributed by atoms with van der Waals surface area (Å²) in [6.45, 7) is 21.6. The maximum atomic E-state index is 3.36. The lowest BCUT2D eigenvalue weighted by molar-refractivity contribution is 0.934. The summed E-state index contributed by atoms with van der Waals surface area (Å²) in [5.41, 5.74) is 1.35. The Labute approximate surface area is 125 Å². The van der Waals surface area contributed by atoms with Crippen LogP contribution in [0.15, 0.2) is 48.6 Å². The van der Waals surface area contributed by atoms with Crippen LogP contribution in [-0.2, 0) is 0 Å². The van der Waals surface area contributed by atoms with Crippen molar-refractivity contribution in [2.45, 2.75) is 69.7 Å². The molecule has 0 heterocycles. The predicted molar refractivity (Wildman–Crippen MR) is 97.8 cm³/mol. The Kier molecular flexibility index (Phi) is 58.2. The molecule has 0 spiro atoms. The van der Waals surface area contributed by atoms with Gasteiger partial charge in [0.1, 0.15) is 0 Å². The molecule has 0 radical (unpaired) electrons. The molecule has 0 saturated heterocycles. The summed E-state index contributed by atoms with van der Waals surface area (Å²) in [4.78, 5) is 0. The van der Waals surface area contributed by atoms with Crippen molar-refractivity contribution in [3.8, 4) is 0 Å². The fourth-order valence-corrected chi connectivity index (χ4v) is 0.973. The minimum absolute atomic E-state index is 0. The van der Waals surface area contributed by atoms with Crippen LogP contribution in [0.2, 0.25) is 0 Å². The number of allylic oxidation sites excluding steroid dienone is 7. The van der Waals surface area contributed by atoms with Crippen molar-refractivity contribution in [2.75, 3.05) is 0 Å². The topological polar surface area (TPSA) is 0 Å². The highest BCUT2D eigenvalue weighted by molar-refractivity contribution is 5.25. The lowest BCUT2D eigenvalue weighted by atomic mass is 10.1. The molecule has 0 N–H and O–H groups in total. The molecule has 0 aromatic heterocycles. The van der Waals surface area contributed by atoms with Crippen LogP contribution >= 0.6 is 0 Å². The second-order valence-corrected chi connectivity index (χ2v) is 2.92. The van der Waals surface area contributed by atoms with Gasteiger partial charge < -0.3 is 0 Å². The van der Waals surface area contributed by atoms with Crippen molar-refractivity contribution in [1.82, 2.24) is 0 Å². The number of hydrogen-bond acceptors (Lipinski definition) is 0. The van der Waals surface area contributed by atoms with Gasteiger partial charge in [-0.3, -0.25) is 0 Å². The fraction of sp³-hybridized carbons (Fsp3) is 0.579. The van der Waals surface area contributed by atoms with Crippen LogP contribution in [-0.4, -0.2) is 0 Å². The second kappa shape index (κ2) is 36.0. The van der Waals surface area contributed by atoms with Crippen LogP contribution in [0.4, 0.5) is 0 Å². The van der Waals surface area contributed by atoms with E-state index in [1.54, 1.807) is 6.08 Å². The first-order valence-electron chi connectivity index (χ1n) is 7.31. The van der Waals surface area contributed by atoms with Crippen molar-refractivity contribution in [3.63, 3.8) is 0 Å². The zero-order valence-electron chi connectivity index (χ0n) is 14.2. The van der Waals surface area contributed by atoms with Crippen molar-refractivity contribution >= 4 is 0 Å². The monoisotopic (exact) mass is 268 g/mol. The predicted octanol–water partition coefficient (Wildman–Crippen LogP) is 7.60. The minimum Gasteiger partial charge on any atom is -0.103 e. The normalized spacial score (nSPS) is 13.7. The summed E-state index contributed by atoms with van der Waals surface area (Å²) in [6, 6.07) is 0. The van der Waals surface area contributed by atoms with Crippen LogP contribution in [0, 0.1) is 5.92 Å². The van der Waals surface area contributed by atoms with Gasteiger partial charge in [0.2, 0.25) is 0 Å². The molecule has 1 rings (SSSR count). The molecule has 0 nitrogen and oxygen atoms in total. The summed E-state index contributed by atoms with van der Waals surface area (Å²) >= 11 is 0. The minimum atomic E-state index is 0. The molecule has 1 aliphatic rings. The largest absolute Gasteiger partial charge is 0.103 e. The molecule has 1 unspecified atom stereocenters. The van der Waals surface area contributed by atoms with Crippen LogP contribution in [0.25, 0.3) is 0 Å². The summed E-state index contributed by atoms with van der Waals surface area (Å²) < 4.78 is 0. The zero-order valence-corrected chi connectivity index (χ0v) is 14.2. The van der Waals surface area contributed by atoms with Gasteiger partial charge in [-0.25, -0.2) is 0 Å². The van der Waals surface area contributed by atoms with E-state index in [1.165, 1.54) is 5.57 Å². The molecule has 0 saturated carbocycles. The van der Waals surface area contributed by atoms with Crippen molar-refractivity contribution in [1.29, 1.82) is 0 Å². The van der Waals surface area contributed by atoms with Gasteiger partial charge in [0, 0.05) is 0 Å². The standard InChI is InChI=1S/C9H12.C3H6.3C2H6.CH4/c1-8-5-3-4-6-9(2)7-8;1-3-2;3*1-2;/h3-8H,1-2H3;3H,1H2,2H3;3*1-2H3;1H4. The molecule has 0 heteroatoms. The molecular weight excluding hydrogens is 228 g/mol. The first-order valence-corrected chi connectivity index (χ1v) is 7.31. The van der Waals surface area contributed by atoms with Gasteiger partial charge in [0.05, 0.1) is 0 Å². The van der Waals surface area contributed by atoms with Crippen LogP contribution in [0.1, 0.15) is 69.7 Å². The van der Waals surface area contributed by atoms with Crippen LogP contribution < -0.4 is 0 Å². The maximum Gasteiger partial charge on any atom is -0.00730 e. The second-order valence-electron chi connectivity index (χ2n) is 2.92. The molecule has 0 amide bonds. The fourth-order valence-electron chi connectivity index (χ4n) is 0.973. The van der Waals surface area contributed by atoms with E-state index in [4.69, 9.17) is 0 Å². The van der Waals surface area contributed by atoms with Crippen LogP contribution in [0.5, 0.6) is 0 Å². The Morgan fingerprint density at radius 2 is 1.37 bits per heavy atom. The number of rotatable bonds is 0. The van der Waals surface area contributed by atoms with Crippen molar-refractivity contribution in [2.24, 2.45) is 5.92 Å². The Hall–Kier alpha value is -1.04. The SMILES string of the molecule is C.C=CC.CC.CC.CC.CC1=CC(C)C=CC=C1. The van der Waals surface area contributed by atoms with E-state index in [-0.39, 0.29) is 7.43 Å². The van der Waals surface area contributed by atoms with Gasteiger partial charge in [-0.2, -0.15) is 0 Å². The smallest absolute Gasteiger partial charge is 0.00730 e. The Morgan fingerprint density at radius 3 is 1.74 bits per heavy atom. The van der Waals surface area contributed by atoms with Crippen molar-refractivity contribution < 1.29 is 0 Å². The van der Waals surface area contributed by atoms with E-state index in [1.807, 2.05) is 48.5 Å². The lowest BCUT2D eigenvalue weighted by Crippen LogP contribution is -1.80. The highest BCUT2D eigenvalue weighted by atomic mass is 14.0. The molecule has 0 aromatic rings. The van der Waals surface area contributed by atoms with Crippen LogP contribution in [0.3, 0.4) is 0 Å². The summed E-state index contributed by atoms with van der Waals surface area (Å²) in [5, 5.41) is 0. The van der Waals surface area contributed by atoms with E-state index in [0.717, 1.165) is 0 Å². The molecule has 0 aromatic carbocycles. The average molecular weight is 269 g/mol. The molecule has 0 aliphatic heterocycles. The van der Waals surface area contributed by atoms with E-state index in [2.05, 4.69) is 50.8 Å². The lowest BCUT2D eigenvalue weighted by Gasteiger charge is -1.94. The van der Waals surface area contributed by atoms with Gasteiger partial charge in [-0.15, -0.1) is 6.58 Å². The highest BCUT2D eigenvalue weighted by Gasteiger charge is 1.92. The molecule has 0 fully saturated rings. The van der Waals surface area contributed by atoms with Gasteiger partial charge in [0.15, 0.2) is 0 Å². The van der Waals surface area contributed by atoms with Crippen molar-refractivity contribution in [3.05, 3.63) is 48.6 Å². The van der Waals surface area contributed by atoms with E-state index in [9.17, 15) is 0 Å². The van der Waals surface area contributed by atoms with E-state index < -0.39 is 0 Å². The first kappa shape index (κ1) is 30.8. The first-order chi connectivity index (χ1) is 8.70. The molecular formula is C19H40. The highest BCUT2D eigenvalue weighted by Crippen LogP contribution is 2.08. The van der Waals surface area contributed by atoms with Gasteiger partial charge in [-0.05, 0) is 19.8 Å². The third kappa shape index (κ3) is 38.3. The Balaban J connectivity index is -0.0000000561. The van der Waals surface area contributed by atoms with Gasteiger partial charge in [0.25, 0.3) is 0 Å². The van der Waals surface area contributed by atoms with Gasteiger partial charge in [-0.1, -0.05) is 97.9 Å². The third-order valence-corrected chi connectivity index (χ3v) is 1.41. The quantitative estimate of drug-likeness (QED) is 0.397.